The monoisotopic (exact) mass is 293 g/mol. The predicted molar refractivity (Wildman–Crippen MR) is 89.1 cm³/mol. The van der Waals surface area contributed by atoms with Gasteiger partial charge in [-0.25, -0.2) is 0 Å². The van der Waals surface area contributed by atoms with Gasteiger partial charge in [-0.05, 0) is 55.8 Å². The Morgan fingerprint density at radius 1 is 1.14 bits per heavy atom. The maximum Gasteiger partial charge on any atom is 0.118 e. The highest BCUT2D eigenvalue weighted by molar-refractivity contribution is 5.27. The summed E-state index contributed by atoms with van der Waals surface area (Å²) in [5, 5.41) is 3.67. The lowest BCUT2D eigenvalue weighted by molar-refractivity contribution is 0.148. The van der Waals surface area contributed by atoms with Gasteiger partial charge in [-0.3, -0.25) is 0 Å². The first kappa shape index (κ1) is 18.0. The highest BCUT2D eigenvalue weighted by Gasteiger charge is 2.12. The molecule has 0 radical (unpaired) electrons. The molecule has 0 aliphatic rings. The molecule has 0 bridgehead atoms. The van der Waals surface area contributed by atoms with E-state index in [0.717, 1.165) is 25.3 Å². The lowest BCUT2D eigenvalue weighted by atomic mass is 9.96. The van der Waals surface area contributed by atoms with Crippen molar-refractivity contribution in [3.63, 3.8) is 0 Å². The average Bonchev–Trinajstić information content (AvgIpc) is 2.50. The summed E-state index contributed by atoms with van der Waals surface area (Å²) in [5.41, 5.74) is 1.37. The second kappa shape index (κ2) is 10.6. The summed E-state index contributed by atoms with van der Waals surface area (Å²) in [6, 6.07) is 8.97. The number of hydrogen-bond donors (Lipinski definition) is 1. The Balaban J connectivity index is 2.46. The van der Waals surface area contributed by atoms with Crippen LogP contribution in [0.1, 0.15) is 38.7 Å². The third-order valence-corrected chi connectivity index (χ3v) is 3.76. The number of ether oxygens (including phenoxy) is 2. The molecule has 0 spiro atoms. The minimum absolute atomic E-state index is 0.567. The van der Waals surface area contributed by atoms with E-state index in [1.54, 1.807) is 14.2 Å². The van der Waals surface area contributed by atoms with Crippen molar-refractivity contribution < 1.29 is 9.47 Å². The Hall–Kier alpha value is -1.06. The predicted octanol–water partition coefficient (Wildman–Crippen LogP) is 3.67. The lowest BCUT2D eigenvalue weighted by Crippen LogP contribution is -2.32. The molecule has 120 valence electrons. The molecule has 1 aromatic rings. The average molecular weight is 293 g/mol. The number of hydrogen-bond acceptors (Lipinski definition) is 3. The number of rotatable bonds is 11. The van der Waals surface area contributed by atoms with Gasteiger partial charge < -0.3 is 14.8 Å². The van der Waals surface area contributed by atoms with Crippen molar-refractivity contribution in [2.75, 3.05) is 27.4 Å². The van der Waals surface area contributed by atoms with Crippen LogP contribution in [-0.2, 0) is 11.2 Å². The Morgan fingerprint density at radius 3 is 2.43 bits per heavy atom. The van der Waals surface area contributed by atoms with E-state index in [1.807, 2.05) is 12.1 Å². The molecule has 3 heteroatoms. The van der Waals surface area contributed by atoms with Crippen molar-refractivity contribution in [1.82, 2.24) is 5.32 Å². The van der Waals surface area contributed by atoms with E-state index in [1.165, 1.54) is 24.8 Å². The number of methoxy groups -OCH3 is 2. The summed E-state index contributed by atoms with van der Waals surface area (Å²) < 4.78 is 10.5. The zero-order chi connectivity index (χ0) is 15.5. The van der Waals surface area contributed by atoms with Gasteiger partial charge in [0.1, 0.15) is 5.75 Å². The summed E-state index contributed by atoms with van der Waals surface area (Å²) >= 11 is 0. The molecule has 0 aliphatic heterocycles. The largest absolute Gasteiger partial charge is 0.497 e. The number of nitrogens with one attached hydrogen (secondary N) is 1. The molecule has 1 aromatic carbocycles. The molecule has 0 heterocycles. The molecule has 21 heavy (non-hydrogen) atoms. The molecule has 0 aliphatic carbocycles. The van der Waals surface area contributed by atoms with E-state index in [-0.39, 0.29) is 0 Å². The Morgan fingerprint density at radius 2 is 1.86 bits per heavy atom. The van der Waals surface area contributed by atoms with Gasteiger partial charge in [0.15, 0.2) is 0 Å². The first-order valence-corrected chi connectivity index (χ1v) is 8.04. The summed E-state index contributed by atoms with van der Waals surface area (Å²) in [5.74, 6) is 1.52. The van der Waals surface area contributed by atoms with Crippen LogP contribution in [0.15, 0.2) is 24.3 Å². The molecular formula is C18H31NO2. The second-order valence-corrected chi connectivity index (χ2v) is 5.83. The van der Waals surface area contributed by atoms with Crippen LogP contribution < -0.4 is 10.1 Å². The molecule has 0 aromatic heterocycles. The fraction of sp³-hybridized carbons (Fsp3) is 0.667. The zero-order valence-electron chi connectivity index (χ0n) is 14.0. The zero-order valence-corrected chi connectivity index (χ0v) is 14.0. The molecule has 0 amide bonds. The van der Waals surface area contributed by atoms with Gasteiger partial charge in [-0.1, -0.05) is 26.0 Å². The van der Waals surface area contributed by atoms with Crippen LogP contribution in [0.2, 0.25) is 0 Å². The fourth-order valence-electron chi connectivity index (χ4n) is 2.62. The first-order chi connectivity index (χ1) is 10.2. The third kappa shape index (κ3) is 7.49. The second-order valence-electron chi connectivity index (χ2n) is 5.83. The van der Waals surface area contributed by atoms with E-state index in [9.17, 15) is 0 Å². The van der Waals surface area contributed by atoms with Gasteiger partial charge >= 0.3 is 0 Å². The van der Waals surface area contributed by atoms with Gasteiger partial charge in [-0.2, -0.15) is 0 Å². The van der Waals surface area contributed by atoms with E-state index in [0.29, 0.717) is 12.0 Å². The summed E-state index contributed by atoms with van der Waals surface area (Å²) in [6.45, 7) is 6.41. The smallest absolute Gasteiger partial charge is 0.118 e. The summed E-state index contributed by atoms with van der Waals surface area (Å²) in [7, 11) is 3.49. The van der Waals surface area contributed by atoms with Crippen LogP contribution in [0, 0.1) is 5.92 Å². The summed E-state index contributed by atoms with van der Waals surface area (Å²) in [4.78, 5) is 0. The van der Waals surface area contributed by atoms with Crippen LogP contribution >= 0.6 is 0 Å². The standard InChI is InChI=1S/C18H31NO2/c1-5-12-19-17(13-15(2)14-20-3)9-6-16-7-10-18(21-4)11-8-16/h7-8,10-11,15,17,19H,5-6,9,12-14H2,1-4H3. The molecule has 0 fully saturated rings. The van der Waals surface area contributed by atoms with Crippen molar-refractivity contribution >= 4 is 0 Å². The quantitative estimate of drug-likeness (QED) is 0.675. The van der Waals surface area contributed by atoms with E-state index in [4.69, 9.17) is 9.47 Å². The maximum absolute atomic E-state index is 5.26. The Bertz CT molecular complexity index is 364. The van der Waals surface area contributed by atoms with Gasteiger partial charge in [0, 0.05) is 19.8 Å². The third-order valence-electron chi connectivity index (χ3n) is 3.76. The molecule has 2 unspecified atom stereocenters. The van der Waals surface area contributed by atoms with E-state index >= 15 is 0 Å². The van der Waals surface area contributed by atoms with Crippen molar-refractivity contribution in [3.05, 3.63) is 29.8 Å². The lowest BCUT2D eigenvalue weighted by Gasteiger charge is -2.22. The SMILES string of the molecule is CCCNC(CCc1ccc(OC)cc1)CC(C)COC. The fourth-order valence-corrected chi connectivity index (χ4v) is 2.62. The molecule has 3 nitrogen and oxygen atoms in total. The van der Waals surface area contributed by atoms with E-state index < -0.39 is 0 Å². The van der Waals surface area contributed by atoms with Gasteiger partial charge in [0.05, 0.1) is 7.11 Å². The van der Waals surface area contributed by atoms with Crippen molar-refractivity contribution in [1.29, 1.82) is 0 Å². The Kier molecular flexibility index (Phi) is 9.11. The molecule has 0 saturated heterocycles. The van der Waals surface area contributed by atoms with Gasteiger partial charge in [0.25, 0.3) is 0 Å². The minimum Gasteiger partial charge on any atom is -0.497 e. The van der Waals surface area contributed by atoms with E-state index in [2.05, 4.69) is 31.3 Å². The number of aryl methyl sites for hydroxylation is 1. The molecule has 1 rings (SSSR count). The van der Waals surface area contributed by atoms with Crippen LogP contribution in [0.4, 0.5) is 0 Å². The van der Waals surface area contributed by atoms with Crippen molar-refractivity contribution in [3.8, 4) is 5.75 Å². The summed E-state index contributed by atoms with van der Waals surface area (Å²) in [6.07, 6.45) is 4.62. The highest BCUT2D eigenvalue weighted by Crippen LogP contribution is 2.16. The number of benzene rings is 1. The van der Waals surface area contributed by atoms with Crippen LogP contribution in [-0.4, -0.2) is 33.4 Å². The van der Waals surface area contributed by atoms with Gasteiger partial charge in [-0.15, -0.1) is 0 Å². The molecule has 1 N–H and O–H groups in total. The Labute approximate surface area is 130 Å². The van der Waals surface area contributed by atoms with Crippen LogP contribution in [0.3, 0.4) is 0 Å². The van der Waals surface area contributed by atoms with Crippen molar-refractivity contribution in [2.45, 2.75) is 45.6 Å². The minimum atomic E-state index is 0.567. The first-order valence-electron chi connectivity index (χ1n) is 8.04. The normalized spacial score (nSPS) is 13.9. The molecule has 2 atom stereocenters. The van der Waals surface area contributed by atoms with Crippen LogP contribution in [0.5, 0.6) is 5.75 Å². The highest BCUT2D eigenvalue weighted by atomic mass is 16.5. The van der Waals surface area contributed by atoms with Crippen LogP contribution in [0.25, 0.3) is 0 Å². The molecule has 0 saturated carbocycles. The molecular weight excluding hydrogens is 262 g/mol. The van der Waals surface area contributed by atoms with Crippen molar-refractivity contribution in [2.24, 2.45) is 5.92 Å². The topological polar surface area (TPSA) is 30.5 Å². The van der Waals surface area contributed by atoms with Gasteiger partial charge in [0.2, 0.25) is 0 Å². The maximum atomic E-state index is 5.26.